The summed E-state index contributed by atoms with van der Waals surface area (Å²) in [7, 11) is 0. The maximum atomic E-state index is 12.9. The summed E-state index contributed by atoms with van der Waals surface area (Å²) in [6.07, 6.45) is -0.748. The molecular weight excluding hydrogens is 483 g/mol. The molecule has 2 aliphatic carbocycles. The summed E-state index contributed by atoms with van der Waals surface area (Å²) >= 11 is 39.8. The van der Waals surface area contributed by atoms with Crippen molar-refractivity contribution in [2.75, 3.05) is 6.61 Å². The van der Waals surface area contributed by atoms with Crippen LogP contribution in [0.3, 0.4) is 0 Å². The Morgan fingerprint density at radius 1 is 0.963 bits per heavy atom. The number of allylic oxidation sites excluding steroid dienone is 2. The number of hydrogen-bond donors (Lipinski definition) is 0. The number of nitrogens with zero attached hydrogens (tertiary/aromatic N) is 1. The summed E-state index contributed by atoms with van der Waals surface area (Å²) in [5.41, 5.74) is 0. The highest BCUT2D eigenvalue weighted by atomic mass is 35.5. The molecule has 1 saturated carbocycles. The highest BCUT2D eigenvalue weighted by Crippen LogP contribution is 2.81. The molecule has 5 nitrogen and oxygen atoms in total. The van der Waals surface area contributed by atoms with Gasteiger partial charge in [-0.15, -0.1) is 23.2 Å². The lowest BCUT2D eigenvalue weighted by Crippen LogP contribution is -2.50. The Morgan fingerprint density at radius 2 is 1.41 bits per heavy atom. The molecule has 11 heteroatoms. The summed E-state index contributed by atoms with van der Waals surface area (Å²) in [4.78, 5) is 28.1. The van der Waals surface area contributed by atoms with Crippen LogP contribution in [0.25, 0.3) is 0 Å². The van der Waals surface area contributed by atoms with Crippen LogP contribution in [-0.2, 0) is 19.2 Å². The van der Waals surface area contributed by atoms with Gasteiger partial charge in [0.05, 0.1) is 40.7 Å². The molecule has 0 aromatic rings. The molecule has 0 aromatic heterocycles. The Bertz CT molecular complexity index is 761. The van der Waals surface area contributed by atoms with Gasteiger partial charge in [-0.1, -0.05) is 53.3 Å². The van der Waals surface area contributed by atoms with Crippen molar-refractivity contribution in [1.29, 1.82) is 0 Å². The summed E-state index contributed by atoms with van der Waals surface area (Å²) < 4.78 is 4.33. The van der Waals surface area contributed by atoms with Gasteiger partial charge in [-0.25, -0.2) is 0 Å². The first-order chi connectivity index (χ1) is 12.6. The number of alkyl halides is 4. The fourth-order valence-electron chi connectivity index (χ4n) is 5.58. The molecule has 0 N–H and O–H groups in total. The van der Waals surface area contributed by atoms with Crippen molar-refractivity contribution in [3.8, 4) is 0 Å². The Balaban J connectivity index is 1.61. The minimum Gasteiger partial charge on any atom is -0.373 e. The van der Waals surface area contributed by atoms with Crippen LogP contribution in [0.2, 0.25) is 0 Å². The van der Waals surface area contributed by atoms with E-state index >= 15 is 0 Å². The van der Waals surface area contributed by atoms with Gasteiger partial charge in [0.2, 0.25) is 0 Å². The van der Waals surface area contributed by atoms with Crippen molar-refractivity contribution in [2.45, 2.75) is 39.6 Å². The van der Waals surface area contributed by atoms with E-state index < -0.39 is 61.8 Å². The van der Waals surface area contributed by atoms with E-state index in [0.717, 1.165) is 5.06 Å². The highest BCUT2D eigenvalue weighted by Gasteiger charge is 2.90. The van der Waals surface area contributed by atoms with Crippen LogP contribution >= 0.6 is 69.6 Å². The average molecular weight is 496 g/mol. The molecule has 3 aliphatic heterocycles. The second kappa shape index (κ2) is 5.61. The number of amides is 2. The average Bonchev–Trinajstić information content (AvgIpc) is 3.31. The number of imide groups is 1. The largest absolute Gasteiger partial charge is 0.373 e. The van der Waals surface area contributed by atoms with Crippen molar-refractivity contribution in [1.82, 2.24) is 5.06 Å². The minimum atomic E-state index is -1.71. The summed E-state index contributed by atoms with van der Waals surface area (Å²) in [6, 6.07) is 0. The van der Waals surface area contributed by atoms with Gasteiger partial charge in [0, 0.05) is 11.8 Å². The Labute approximate surface area is 185 Å². The number of carbonyl (C=O) groups is 2. The zero-order valence-electron chi connectivity index (χ0n) is 13.7. The zero-order chi connectivity index (χ0) is 19.7. The molecule has 0 radical (unpaired) electrons. The van der Waals surface area contributed by atoms with Gasteiger partial charge < -0.3 is 4.74 Å². The standard InChI is InChI=1S/C16H13Cl6NO4/c1-2-3-26-23-12(24)4-5(13(23)25)9-7-6(8(4)27-9)14(19)10(17)11(18)15(7,20)16(14,21)22/h4-9H,2-3H2,1H3/t4-,5-,6+,7+,8-,9-,14+,15+/m1/s1. The number of halogens is 6. The Kier molecular flexibility index (Phi) is 4.05. The maximum Gasteiger partial charge on any atom is 0.260 e. The number of hydrogen-bond acceptors (Lipinski definition) is 4. The third-order valence-corrected chi connectivity index (χ3v) is 10.9. The molecule has 3 saturated heterocycles. The molecule has 4 fully saturated rings. The van der Waals surface area contributed by atoms with Crippen LogP contribution in [-0.4, -0.2) is 49.8 Å². The predicted molar refractivity (Wildman–Crippen MR) is 101 cm³/mol. The van der Waals surface area contributed by atoms with E-state index in [1.54, 1.807) is 0 Å². The maximum absolute atomic E-state index is 12.9. The molecule has 2 amide bonds. The number of rotatable bonds is 3. The molecule has 0 aromatic carbocycles. The van der Waals surface area contributed by atoms with Crippen molar-refractivity contribution in [3.63, 3.8) is 0 Å². The second-order valence-electron chi connectivity index (χ2n) is 7.60. The molecule has 4 bridgehead atoms. The van der Waals surface area contributed by atoms with Crippen molar-refractivity contribution in [3.05, 3.63) is 10.1 Å². The quantitative estimate of drug-likeness (QED) is 0.441. The highest BCUT2D eigenvalue weighted by molar-refractivity contribution is 6.65. The summed E-state index contributed by atoms with van der Waals surface area (Å²) in [5, 5.41) is 0.975. The van der Waals surface area contributed by atoms with Crippen LogP contribution in [0.1, 0.15) is 13.3 Å². The third-order valence-electron chi connectivity index (χ3n) is 6.56. The van der Waals surface area contributed by atoms with Gasteiger partial charge in [0.15, 0.2) is 4.33 Å². The van der Waals surface area contributed by atoms with E-state index in [4.69, 9.17) is 79.2 Å². The molecule has 3 heterocycles. The Morgan fingerprint density at radius 3 is 1.81 bits per heavy atom. The third kappa shape index (κ3) is 1.79. The van der Waals surface area contributed by atoms with Crippen LogP contribution < -0.4 is 0 Å². The molecular formula is C16H13Cl6NO4. The van der Waals surface area contributed by atoms with Gasteiger partial charge in [0.1, 0.15) is 9.75 Å². The summed E-state index contributed by atoms with van der Waals surface area (Å²) in [6.45, 7) is 2.13. The lowest BCUT2D eigenvalue weighted by Gasteiger charge is -2.39. The lowest BCUT2D eigenvalue weighted by atomic mass is 9.65. The van der Waals surface area contributed by atoms with E-state index in [1.807, 2.05) is 6.92 Å². The van der Waals surface area contributed by atoms with Crippen LogP contribution in [0, 0.1) is 23.7 Å². The molecule has 8 atom stereocenters. The molecule has 5 rings (SSSR count). The number of hydroxylamine groups is 2. The monoisotopic (exact) mass is 493 g/mol. The van der Waals surface area contributed by atoms with Gasteiger partial charge in [-0.3, -0.25) is 14.4 Å². The zero-order valence-corrected chi connectivity index (χ0v) is 18.3. The van der Waals surface area contributed by atoms with Gasteiger partial charge >= 0.3 is 0 Å². The molecule has 5 aliphatic rings. The summed E-state index contributed by atoms with van der Waals surface area (Å²) in [5.74, 6) is -3.48. The Hall–Kier alpha value is 0.540. The topological polar surface area (TPSA) is 55.8 Å². The fraction of sp³-hybridized carbons (Fsp3) is 0.750. The van der Waals surface area contributed by atoms with E-state index in [1.165, 1.54) is 0 Å². The van der Waals surface area contributed by atoms with Gasteiger partial charge in [-0.2, -0.15) is 5.06 Å². The van der Waals surface area contributed by atoms with Gasteiger partial charge in [0.25, 0.3) is 11.8 Å². The minimum absolute atomic E-state index is 0.0654. The van der Waals surface area contributed by atoms with Gasteiger partial charge in [-0.05, 0) is 6.42 Å². The van der Waals surface area contributed by atoms with Crippen molar-refractivity contribution in [2.24, 2.45) is 23.7 Å². The molecule has 27 heavy (non-hydrogen) atoms. The first-order valence-corrected chi connectivity index (χ1v) is 10.8. The van der Waals surface area contributed by atoms with Crippen LogP contribution in [0.15, 0.2) is 10.1 Å². The number of carbonyl (C=O) groups excluding carboxylic acids is 2. The smallest absolute Gasteiger partial charge is 0.260 e. The van der Waals surface area contributed by atoms with E-state index in [0.29, 0.717) is 6.42 Å². The first kappa shape index (κ1) is 19.5. The fourth-order valence-corrected chi connectivity index (χ4v) is 8.64. The predicted octanol–water partition coefficient (Wildman–Crippen LogP) is 3.79. The van der Waals surface area contributed by atoms with E-state index in [9.17, 15) is 9.59 Å². The number of ether oxygens (including phenoxy) is 1. The molecule has 148 valence electrons. The second-order valence-corrected chi connectivity index (χ2v) is 10.9. The lowest BCUT2D eigenvalue weighted by molar-refractivity contribution is -0.192. The first-order valence-electron chi connectivity index (χ1n) is 8.54. The number of fused-ring (bicyclic) bond motifs is 12. The SMILES string of the molecule is CCCON1C(=O)[C@H]2[C@H]3O[C@H]([C@@H]2C1=O)[C@@H]1[C@@H]3[C@]2(Cl)C(Cl)=C(Cl)[C@]1(Cl)C2(Cl)Cl. The van der Waals surface area contributed by atoms with Crippen LogP contribution in [0.4, 0.5) is 0 Å². The molecule has 0 unspecified atom stereocenters. The van der Waals surface area contributed by atoms with E-state index in [-0.39, 0.29) is 16.7 Å². The normalized spacial score (nSPS) is 51.6. The van der Waals surface area contributed by atoms with E-state index in [2.05, 4.69) is 0 Å². The van der Waals surface area contributed by atoms with Crippen LogP contribution in [0.5, 0.6) is 0 Å². The molecule has 0 spiro atoms. The van der Waals surface area contributed by atoms with Crippen molar-refractivity contribution < 1.29 is 19.2 Å². The van der Waals surface area contributed by atoms with Crippen molar-refractivity contribution >= 4 is 81.4 Å².